The van der Waals surface area contributed by atoms with Crippen LogP contribution in [-0.4, -0.2) is 0 Å². The predicted octanol–water partition coefficient (Wildman–Crippen LogP) is 3.91. The van der Waals surface area contributed by atoms with Crippen molar-refractivity contribution in [3.63, 3.8) is 0 Å². The summed E-state index contributed by atoms with van der Waals surface area (Å²) in [5.74, 6) is 0.386. The van der Waals surface area contributed by atoms with Gasteiger partial charge in [-0.05, 0) is 36.4 Å². The maximum atomic E-state index is 12.6. The molecule has 15 heavy (non-hydrogen) atoms. The average molecular weight is 220 g/mol. The molecule has 0 aliphatic heterocycles. The van der Waals surface area contributed by atoms with Crippen LogP contribution in [0.4, 0.5) is 4.39 Å². The van der Waals surface area contributed by atoms with Crippen molar-refractivity contribution in [1.82, 2.24) is 0 Å². The van der Waals surface area contributed by atoms with E-state index >= 15 is 0 Å². The predicted molar refractivity (Wildman–Crippen MR) is 59.3 cm³/mol. The molecule has 0 fully saturated rings. The van der Waals surface area contributed by atoms with E-state index in [-0.39, 0.29) is 5.82 Å². The van der Waals surface area contributed by atoms with Gasteiger partial charge in [0.2, 0.25) is 0 Å². The number of hydrogen-bond acceptors (Lipinski definition) is 2. The van der Waals surface area contributed by atoms with Gasteiger partial charge in [0.05, 0.1) is 12.0 Å². The van der Waals surface area contributed by atoms with Crippen LogP contribution in [-0.2, 0) is 0 Å². The van der Waals surface area contributed by atoms with Gasteiger partial charge in [-0.15, -0.1) is 0 Å². The Morgan fingerprint density at radius 1 is 0.867 bits per heavy atom. The van der Waals surface area contributed by atoms with E-state index in [1.165, 1.54) is 24.2 Å². The quantitative estimate of drug-likeness (QED) is 0.725. The van der Waals surface area contributed by atoms with Crippen molar-refractivity contribution >= 4 is 12.0 Å². The van der Waals surface area contributed by atoms with Gasteiger partial charge in [-0.3, -0.25) is 0 Å². The Bertz CT molecular complexity index is 413. The molecule has 1 nitrogen and oxygen atoms in total. The van der Waals surface area contributed by atoms with Gasteiger partial charge < -0.3 is 4.18 Å². The van der Waals surface area contributed by atoms with E-state index in [0.717, 1.165) is 4.90 Å². The third-order valence-corrected chi connectivity index (χ3v) is 2.53. The standard InChI is InChI=1S/C12H9FOS/c13-10-6-8-11(9-7-10)14-15-12-4-2-1-3-5-12/h1-9H. The second-order valence-corrected chi connectivity index (χ2v) is 3.74. The first-order chi connectivity index (χ1) is 7.34. The lowest BCUT2D eigenvalue weighted by Crippen LogP contribution is -1.81. The van der Waals surface area contributed by atoms with Gasteiger partial charge >= 0.3 is 0 Å². The summed E-state index contributed by atoms with van der Waals surface area (Å²) in [6, 6.07) is 15.7. The molecule has 0 unspecified atom stereocenters. The fourth-order valence-corrected chi connectivity index (χ4v) is 1.63. The third-order valence-electron chi connectivity index (χ3n) is 1.79. The second-order valence-electron chi connectivity index (χ2n) is 2.93. The summed E-state index contributed by atoms with van der Waals surface area (Å²) < 4.78 is 18.0. The monoisotopic (exact) mass is 220 g/mol. The SMILES string of the molecule is Fc1ccc(OSc2ccccc2)cc1. The highest BCUT2D eigenvalue weighted by atomic mass is 32.2. The Balaban J connectivity index is 1.96. The molecule has 0 amide bonds. The summed E-state index contributed by atoms with van der Waals surface area (Å²) in [5, 5.41) is 0. The second kappa shape index (κ2) is 4.84. The highest BCUT2D eigenvalue weighted by Gasteiger charge is 1.97. The van der Waals surface area contributed by atoms with Crippen LogP contribution >= 0.6 is 12.0 Å². The van der Waals surface area contributed by atoms with Crippen molar-refractivity contribution < 1.29 is 8.57 Å². The molecule has 0 saturated heterocycles. The molecule has 0 radical (unpaired) electrons. The van der Waals surface area contributed by atoms with E-state index in [1.54, 1.807) is 12.1 Å². The lowest BCUT2D eigenvalue weighted by atomic mass is 10.3. The van der Waals surface area contributed by atoms with Crippen LogP contribution in [0.15, 0.2) is 59.5 Å². The smallest absolute Gasteiger partial charge is 0.138 e. The molecule has 0 aliphatic rings. The van der Waals surface area contributed by atoms with Gasteiger partial charge in [0.15, 0.2) is 0 Å². The van der Waals surface area contributed by atoms with Crippen LogP contribution < -0.4 is 4.18 Å². The largest absolute Gasteiger partial charge is 0.421 e. The first-order valence-electron chi connectivity index (χ1n) is 4.50. The van der Waals surface area contributed by atoms with Crippen LogP contribution in [0.1, 0.15) is 0 Å². The molecule has 0 spiro atoms. The topological polar surface area (TPSA) is 9.23 Å². The molecule has 0 bridgehead atoms. The zero-order chi connectivity index (χ0) is 10.5. The van der Waals surface area contributed by atoms with Crippen LogP contribution in [0.25, 0.3) is 0 Å². The number of benzene rings is 2. The molecule has 2 aromatic rings. The fraction of sp³-hybridized carbons (Fsp3) is 0. The molecular weight excluding hydrogens is 211 g/mol. The van der Waals surface area contributed by atoms with E-state index in [9.17, 15) is 4.39 Å². The molecular formula is C12H9FOS. The third kappa shape index (κ3) is 2.99. The van der Waals surface area contributed by atoms with Crippen molar-refractivity contribution in [1.29, 1.82) is 0 Å². The number of rotatable bonds is 3. The van der Waals surface area contributed by atoms with Crippen molar-refractivity contribution in [2.45, 2.75) is 4.90 Å². The summed E-state index contributed by atoms with van der Waals surface area (Å²) in [6.45, 7) is 0. The summed E-state index contributed by atoms with van der Waals surface area (Å²) in [4.78, 5) is 1.02. The van der Waals surface area contributed by atoms with Gasteiger partial charge in [-0.25, -0.2) is 4.39 Å². The molecule has 2 aromatic carbocycles. The Morgan fingerprint density at radius 2 is 1.53 bits per heavy atom. The van der Waals surface area contributed by atoms with Crippen LogP contribution in [0.2, 0.25) is 0 Å². The highest BCUT2D eigenvalue weighted by molar-refractivity contribution is 7.95. The summed E-state index contributed by atoms with van der Waals surface area (Å²) in [5.41, 5.74) is 0. The van der Waals surface area contributed by atoms with Crippen LogP contribution in [0.3, 0.4) is 0 Å². The molecule has 0 aliphatic carbocycles. The maximum Gasteiger partial charge on any atom is 0.138 e. The van der Waals surface area contributed by atoms with Gasteiger partial charge in [0, 0.05) is 4.90 Å². The zero-order valence-electron chi connectivity index (χ0n) is 7.89. The van der Waals surface area contributed by atoms with Gasteiger partial charge in [-0.2, -0.15) is 0 Å². The molecule has 76 valence electrons. The van der Waals surface area contributed by atoms with Crippen LogP contribution in [0.5, 0.6) is 5.75 Å². The number of halogens is 1. The van der Waals surface area contributed by atoms with Crippen LogP contribution in [0, 0.1) is 5.82 Å². The molecule has 3 heteroatoms. The number of hydrogen-bond donors (Lipinski definition) is 0. The first kappa shape index (κ1) is 10.1. The minimum Gasteiger partial charge on any atom is -0.421 e. The maximum absolute atomic E-state index is 12.6. The Morgan fingerprint density at radius 3 is 2.20 bits per heavy atom. The fourth-order valence-electron chi connectivity index (χ4n) is 1.06. The van der Waals surface area contributed by atoms with E-state index in [0.29, 0.717) is 5.75 Å². The summed E-state index contributed by atoms with van der Waals surface area (Å²) in [7, 11) is 0. The minimum atomic E-state index is -0.257. The Hall–Kier alpha value is -1.48. The van der Waals surface area contributed by atoms with E-state index in [2.05, 4.69) is 0 Å². The van der Waals surface area contributed by atoms with Gasteiger partial charge in [0.25, 0.3) is 0 Å². The summed E-state index contributed by atoms with van der Waals surface area (Å²) >= 11 is 1.26. The molecule has 0 saturated carbocycles. The van der Waals surface area contributed by atoms with Crippen molar-refractivity contribution in [3.05, 3.63) is 60.4 Å². The van der Waals surface area contributed by atoms with Crippen molar-refractivity contribution in [2.75, 3.05) is 0 Å². The molecule has 2 rings (SSSR count). The van der Waals surface area contributed by atoms with Crippen molar-refractivity contribution in [3.8, 4) is 5.75 Å². The lowest BCUT2D eigenvalue weighted by Gasteiger charge is -2.02. The zero-order valence-corrected chi connectivity index (χ0v) is 8.71. The molecule has 0 heterocycles. The van der Waals surface area contributed by atoms with Gasteiger partial charge in [0.1, 0.15) is 11.6 Å². The Labute approximate surface area is 92.1 Å². The molecule has 0 atom stereocenters. The van der Waals surface area contributed by atoms with Crippen molar-refractivity contribution in [2.24, 2.45) is 0 Å². The molecule has 0 aromatic heterocycles. The van der Waals surface area contributed by atoms with Gasteiger partial charge in [-0.1, -0.05) is 18.2 Å². The highest BCUT2D eigenvalue weighted by Crippen LogP contribution is 2.22. The Kier molecular flexibility index (Phi) is 3.25. The van der Waals surface area contributed by atoms with E-state index in [1.807, 2.05) is 30.3 Å². The minimum absolute atomic E-state index is 0.257. The first-order valence-corrected chi connectivity index (χ1v) is 5.24. The lowest BCUT2D eigenvalue weighted by molar-refractivity contribution is 0.613. The molecule has 0 N–H and O–H groups in total. The average Bonchev–Trinajstić information content (AvgIpc) is 2.30. The summed E-state index contributed by atoms with van der Waals surface area (Å²) in [6.07, 6.45) is 0. The van der Waals surface area contributed by atoms with E-state index in [4.69, 9.17) is 4.18 Å². The normalized spacial score (nSPS) is 9.93. The van der Waals surface area contributed by atoms with E-state index < -0.39 is 0 Å².